The zero-order valence-corrected chi connectivity index (χ0v) is 31.7. The molecule has 0 saturated carbocycles. The Morgan fingerprint density at radius 2 is 0.780 bits per heavy atom. The molecule has 296 valence electrons. The second kappa shape index (κ2) is 19.2. The van der Waals surface area contributed by atoms with Gasteiger partial charge in [0.25, 0.3) is 5.91 Å². The largest absolute Gasteiger partial charge is 0.459 e. The Morgan fingerprint density at radius 1 is 0.424 bits per heavy atom. The summed E-state index contributed by atoms with van der Waals surface area (Å²) < 4.78 is 31.2. The molecule has 6 aromatic rings. The van der Waals surface area contributed by atoms with Crippen molar-refractivity contribution in [1.29, 1.82) is 0 Å². The first-order valence-electron chi connectivity index (χ1n) is 18.9. The molecule has 1 aliphatic heterocycles. The maximum absolute atomic E-state index is 14.7. The molecule has 0 unspecified atom stereocenters. The van der Waals surface area contributed by atoms with Gasteiger partial charge in [-0.25, -0.2) is 19.2 Å². The van der Waals surface area contributed by atoms with Crippen LogP contribution in [0.5, 0.6) is 0 Å². The second-order valence-corrected chi connectivity index (χ2v) is 13.5. The molecular formula is C48H39NO10. The number of nitrogens with zero attached hydrogens (tertiary/aromatic N) is 1. The Morgan fingerprint density at radius 3 is 1.22 bits per heavy atom. The van der Waals surface area contributed by atoms with Gasteiger partial charge in [-0.2, -0.15) is 0 Å². The van der Waals surface area contributed by atoms with Crippen LogP contribution in [0, 0.1) is 0 Å². The highest BCUT2D eigenvalue weighted by molar-refractivity contribution is 5.95. The summed E-state index contributed by atoms with van der Waals surface area (Å²) in [5.74, 6) is -3.74. The molecule has 1 amide bonds. The Hall–Kier alpha value is -7.37. The molecule has 1 saturated heterocycles. The van der Waals surface area contributed by atoms with Crippen LogP contribution < -0.4 is 0 Å². The molecular weight excluding hydrogens is 751 g/mol. The van der Waals surface area contributed by atoms with Gasteiger partial charge in [0.15, 0.2) is 24.5 Å². The first kappa shape index (κ1) is 39.8. The predicted molar refractivity (Wildman–Crippen MR) is 215 cm³/mol. The number of benzene rings is 6. The van der Waals surface area contributed by atoms with E-state index < -0.39 is 67.0 Å². The van der Waals surface area contributed by atoms with Gasteiger partial charge in [0.05, 0.1) is 22.3 Å². The van der Waals surface area contributed by atoms with Crippen LogP contribution in [0.25, 0.3) is 0 Å². The van der Waals surface area contributed by atoms with Crippen LogP contribution in [0.1, 0.15) is 57.4 Å². The van der Waals surface area contributed by atoms with Gasteiger partial charge in [0.2, 0.25) is 0 Å². The van der Waals surface area contributed by atoms with Crippen molar-refractivity contribution in [3.8, 4) is 0 Å². The van der Waals surface area contributed by atoms with E-state index in [1.165, 1.54) is 29.2 Å². The number of hydrogen-bond donors (Lipinski definition) is 0. The van der Waals surface area contributed by atoms with Gasteiger partial charge in [-0.1, -0.05) is 121 Å². The van der Waals surface area contributed by atoms with E-state index >= 15 is 0 Å². The van der Waals surface area contributed by atoms with Gasteiger partial charge in [0.1, 0.15) is 12.7 Å². The highest BCUT2D eigenvalue weighted by atomic mass is 16.7. The Bertz CT molecular complexity index is 2330. The number of amides is 1. The smallest absolute Gasteiger partial charge is 0.338 e. The van der Waals surface area contributed by atoms with E-state index in [-0.39, 0.29) is 34.4 Å². The van der Waals surface area contributed by atoms with E-state index in [0.29, 0.717) is 5.56 Å². The van der Waals surface area contributed by atoms with Crippen molar-refractivity contribution < 1.29 is 47.7 Å². The van der Waals surface area contributed by atoms with E-state index in [1.807, 2.05) is 30.3 Å². The third-order valence-electron chi connectivity index (χ3n) is 9.54. The summed E-state index contributed by atoms with van der Waals surface area (Å²) in [5, 5.41) is 0. The lowest BCUT2D eigenvalue weighted by Crippen LogP contribution is -2.66. The Labute approximate surface area is 340 Å². The maximum atomic E-state index is 14.7. The highest BCUT2D eigenvalue weighted by Gasteiger charge is 2.55. The van der Waals surface area contributed by atoms with Crippen LogP contribution in [0.4, 0.5) is 0 Å². The third kappa shape index (κ3) is 9.96. The average molecular weight is 790 g/mol. The summed E-state index contributed by atoms with van der Waals surface area (Å²) in [5.41, 5.74) is 1.67. The SMILES string of the molecule is O=C(OC[C@H]1O[C@@H](N(Cc2ccccc2)C(=O)c2ccccc2)[C@H](OC(=O)c2ccccc2)[C@@H](OC(=O)c2ccccc2)[C@@H]1OC(=O)c1ccccc1)c1ccccc1. The summed E-state index contributed by atoms with van der Waals surface area (Å²) >= 11 is 0. The summed E-state index contributed by atoms with van der Waals surface area (Å²) in [4.78, 5) is 71.6. The van der Waals surface area contributed by atoms with Gasteiger partial charge >= 0.3 is 23.9 Å². The van der Waals surface area contributed by atoms with Crippen LogP contribution in [-0.4, -0.2) is 71.9 Å². The number of carbonyl (C=O) groups excluding carboxylic acids is 5. The molecule has 0 aromatic heterocycles. The second-order valence-electron chi connectivity index (χ2n) is 13.5. The molecule has 5 atom stereocenters. The zero-order chi connectivity index (χ0) is 41.0. The van der Waals surface area contributed by atoms with Crippen LogP contribution in [-0.2, 0) is 30.2 Å². The lowest BCUT2D eigenvalue weighted by Gasteiger charge is -2.47. The van der Waals surface area contributed by atoms with Crippen molar-refractivity contribution >= 4 is 29.8 Å². The standard InChI is InChI=1S/C48H39NO10/c50-43(34-21-9-2-10-22-34)49(31-33-19-7-1-8-20-33)44-42(59-48(54)38-29-17-6-18-30-38)41(58-47(53)37-27-15-5-16-28-37)40(57-46(52)36-25-13-4-14-26-36)39(56-44)32-55-45(51)35-23-11-3-12-24-35/h1-30,39-42,44H,31-32H2/t39-,40-,41+,42-,44-/m1/s1. The van der Waals surface area contributed by atoms with Gasteiger partial charge in [-0.15, -0.1) is 0 Å². The van der Waals surface area contributed by atoms with Gasteiger partial charge in [0, 0.05) is 12.1 Å². The van der Waals surface area contributed by atoms with Crippen LogP contribution >= 0.6 is 0 Å². The van der Waals surface area contributed by atoms with Gasteiger partial charge in [-0.05, 0) is 66.2 Å². The molecule has 0 spiro atoms. The minimum Gasteiger partial charge on any atom is -0.459 e. The summed E-state index contributed by atoms with van der Waals surface area (Å²) in [6, 6.07) is 50.1. The lowest BCUT2D eigenvalue weighted by molar-refractivity contribution is -0.257. The molecule has 11 heteroatoms. The van der Waals surface area contributed by atoms with Crippen molar-refractivity contribution in [2.24, 2.45) is 0 Å². The van der Waals surface area contributed by atoms with Crippen molar-refractivity contribution in [3.05, 3.63) is 215 Å². The monoisotopic (exact) mass is 789 g/mol. The first-order chi connectivity index (χ1) is 28.9. The van der Waals surface area contributed by atoms with Crippen molar-refractivity contribution in [3.63, 3.8) is 0 Å². The summed E-state index contributed by atoms with van der Waals surface area (Å²) in [7, 11) is 0. The molecule has 1 aliphatic rings. The van der Waals surface area contributed by atoms with Crippen molar-refractivity contribution in [2.45, 2.75) is 37.2 Å². The van der Waals surface area contributed by atoms with E-state index in [1.54, 1.807) is 127 Å². The fraction of sp³-hybridized carbons (Fsp3) is 0.146. The predicted octanol–water partition coefficient (Wildman–Crippen LogP) is 7.59. The van der Waals surface area contributed by atoms with Crippen molar-refractivity contribution in [1.82, 2.24) is 4.90 Å². The summed E-state index contributed by atoms with van der Waals surface area (Å²) in [6.07, 6.45) is -7.72. The molecule has 59 heavy (non-hydrogen) atoms. The van der Waals surface area contributed by atoms with Crippen LogP contribution in [0.15, 0.2) is 182 Å². The molecule has 1 heterocycles. The van der Waals surface area contributed by atoms with Gasteiger partial charge < -0.3 is 28.6 Å². The quantitative estimate of drug-likeness (QED) is 0.0851. The number of hydrogen-bond acceptors (Lipinski definition) is 10. The normalized spacial score (nSPS) is 18.4. The van der Waals surface area contributed by atoms with E-state index in [2.05, 4.69) is 0 Å². The highest BCUT2D eigenvalue weighted by Crippen LogP contribution is 2.34. The van der Waals surface area contributed by atoms with E-state index in [9.17, 15) is 24.0 Å². The molecule has 0 N–H and O–H groups in total. The van der Waals surface area contributed by atoms with E-state index in [0.717, 1.165) is 0 Å². The topological polar surface area (TPSA) is 135 Å². The maximum Gasteiger partial charge on any atom is 0.338 e. The van der Waals surface area contributed by atoms with Crippen LogP contribution in [0.3, 0.4) is 0 Å². The number of carbonyl (C=O) groups is 5. The fourth-order valence-electron chi connectivity index (χ4n) is 6.60. The Balaban J connectivity index is 1.38. The first-order valence-corrected chi connectivity index (χ1v) is 18.9. The minimum atomic E-state index is -1.64. The summed E-state index contributed by atoms with van der Waals surface area (Å²) in [6.45, 7) is -0.600. The molecule has 7 rings (SSSR count). The molecule has 11 nitrogen and oxygen atoms in total. The van der Waals surface area contributed by atoms with Gasteiger partial charge in [-0.3, -0.25) is 4.79 Å². The molecule has 0 aliphatic carbocycles. The number of rotatable bonds is 13. The lowest BCUT2D eigenvalue weighted by atomic mass is 9.95. The fourth-order valence-corrected chi connectivity index (χ4v) is 6.60. The van der Waals surface area contributed by atoms with E-state index in [4.69, 9.17) is 23.7 Å². The number of esters is 4. The molecule has 0 bridgehead atoms. The number of ether oxygens (including phenoxy) is 5. The van der Waals surface area contributed by atoms with Crippen LogP contribution in [0.2, 0.25) is 0 Å². The Kier molecular flexibility index (Phi) is 13.0. The third-order valence-corrected chi connectivity index (χ3v) is 9.54. The minimum absolute atomic E-state index is 0.0665. The zero-order valence-electron chi connectivity index (χ0n) is 31.7. The van der Waals surface area contributed by atoms with Crippen molar-refractivity contribution in [2.75, 3.05) is 6.61 Å². The molecule has 1 fully saturated rings. The molecule has 0 radical (unpaired) electrons. The molecule has 6 aromatic carbocycles. The average Bonchev–Trinajstić information content (AvgIpc) is 3.30.